The number of hydrogen-bond donors (Lipinski definition) is 3. The zero-order valence-corrected chi connectivity index (χ0v) is 12.7. The first kappa shape index (κ1) is 15.4. The predicted octanol–water partition coefficient (Wildman–Crippen LogP) is 2.93. The Balaban J connectivity index is 2.13. The Bertz CT molecular complexity index is 567. The highest BCUT2D eigenvalue weighted by molar-refractivity contribution is 5.95. The summed E-state index contributed by atoms with van der Waals surface area (Å²) in [5, 5.41) is 14.8. The Morgan fingerprint density at radius 1 is 1.38 bits per heavy atom. The summed E-state index contributed by atoms with van der Waals surface area (Å²) in [4.78, 5) is 23.6. The first-order chi connectivity index (χ1) is 9.88. The fraction of sp³-hybridized carbons (Fsp3) is 0.500. The van der Waals surface area contributed by atoms with E-state index in [1.807, 2.05) is 32.0 Å². The number of carbonyl (C=O) groups is 2. The van der Waals surface area contributed by atoms with Gasteiger partial charge in [0, 0.05) is 5.69 Å². The van der Waals surface area contributed by atoms with E-state index in [-0.39, 0.29) is 5.92 Å². The second-order valence-electron chi connectivity index (χ2n) is 5.82. The molecule has 0 saturated heterocycles. The molecule has 1 saturated carbocycles. The van der Waals surface area contributed by atoms with Gasteiger partial charge in [0.05, 0.1) is 0 Å². The Morgan fingerprint density at radius 3 is 2.57 bits per heavy atom. The molecular weight excluding hydrogens is 268 g/mol. The van der Waals surface area contributed by atoms with Crippen molar-refractivity contribution >= 4 is 17.7 Å². The average Bonchev–Trinajstić information content (AvgIpc) is 3.25. The third kappa shape index (κ3) is 3.17. The normalized spacial score (nSPS) is 16.9. The monoisotopic (exact) mass is 290 g/mol. The highest BCUT2D eigenvalue weighted by Crippen LogP contribution is 2.39. The molecular formula is C16H22N2O3. The maximum Gasteiger partial charge on any atom is 0.329 e. The van der Waals surface area contributed by atoms with Crippen LogP contribution in [0.15, 0.2) is 18.2 Å². The largest absolute Gasteiger partial charge is 0.480 e. The highest BCUT2D eigenvalue weighted by atomic mass is 16.4. The number of rotatable bonds is 5. The third-order valence-corrected chi connectivity index (χ3v) is 4.19. The number of amides is 2. The summed E-state index contributed by atoms with van der Waals surface area (Å²) in [7, 11) is 0. The molecule has 5 heteroatoms. The fourth-order valence-corrected chi connectivity index (χ4v) is 2.57. The summed E-state index contributed by atoms with van der Waals surface area (Å²) in [6.45, 7) is 5.51. The molecule has 1 unspecified atom stereocenters. The quantitative estimate of drug-likeness (QED) is 0.780. The molecule has 0 radical (unpaired) electrons. The van der Waals surface area contributed by atoms with Crippen molar-refractivity contribution in [3.63, 3.8) is 0 Å². The van der Waals surface area contributed by atoms with Crippen molar-refractivity contribution < 1.29 is 14.7 Å². The Hall–Kier alpha value is -2.04. The second-order valence-corrected chi connectivity index (χ2v) is 5.82. The summed E-state index contributed by atoms with van der Waals surface area (Å²) < 4.78 is 0. The van der Waals surface area contributed by atoms with E-state index in [2.05, 4.69) is 10.6 Å². The number of anilines is 1. The Kier molecular flexibility index (Phi) is 4.21. The summed E-state index contributed by atoms with van der Waals surface area (Å²) >= 11 is 0. The number of carbonyl (C=O) groups excluding carboxylic acids is 1. The van der Waals surface area contributed by atoms with Gasteiger partial charge in [-0.25, -0.2) is 9.59 Å². The maximum absolute atomic E-state index is 12.2. The number of hydrogen-bond acceptors (Lipinski definition) is 2. The zero-order valence-electron chi connectivity index (χ0n) is 12.7. The van der Waals surface area contributed by atoms with Crippen molar-refractivity contribution in [1.82, 2.24) is 5.32 Å². The van der Waals surface area contributed by atoms with Crippen molar-refractivity contribution in [2.24, 2.45) is 5.92 Å². The Labute approximate surface area is 124 Å². The van der Waals surface area contributed by atoms with Crippen LogP contribution in [-0.2, 0) is 11.2 Å². The molecule has 1 aliphatic rings. The lowest BCUT2D eigenvalue weighted by Gasteiger charge is -2.26. The SMILES string of the molecule is CCc1cccc(C)c1NC(=O)NC(C)(C(=O)O)C1CC1. The molecule has 2 amide bonds. The molecule has 3 N–H and O–H groups in total. The van der Waals surface area contributed by atoms with Gasteiger partial charge in [-0.1, -0.05) is 25.1 Å². The predicted molar refractivity (Wildman–Crippen MR) is 81.5 cm³/mol. The first-order valence-corrected chi connectivity index (χ1v) is 7.29. The third-order valence-electron chi connectivity index (χ3n) is 4.19. The van der Waals surface area contributed by atoms with E-state index in [9.17, 15) is 14.7 Å². The number of para-hydroxylation sites is 1. The maximum atomic E-state index is 12.2. The molecule has 1 aliphatic carbocycles. The number of benzene rings is 1. The zero-order chi connectivity index (χ0) is 15.6. The summed E-state index contributed by atoms with van der Waals surface area (Å²) in [6, 6.07) is 5.37. The summed E-state index contributed by atoms with van der Waals surface area (Å²) in [5.41, 5.74) is 1.57. The standard InChI is InChI=1S/C16H22N2O3/c1-4-11-7-5-6-10(2)13(11)17-15(21)18-16(3,14(19)20)12-8-9-12/h5-7,12H,4,8-9H2,1-3H3,(H,19,20)(H2,17,18,21). The van der Waals surface area contributed by atoms with Gasteiger partial charge in [-0.15, -0.1) is 0 Å². The average molecular weight is 290 g/mol. The van der Waals surface area contributed by atoms with E-state index in [1.54, 1.807) is 6.92 Å². The van der Waals surface area contributed by atoms with Gasteiger partial charge in [0.1, 0.15) is 5.54 Å². The van der Waals surface area contributed by atoms with Gasteiger partial charge in [-0.3, -0.25) is 0 Å². The molecule has 1 fully saturated rings. The van der Waals surface area contributed by atoms with Crippen LogP contribution in [0.2, 0.25) is 0 Å². The minimum Gasteiger partial charge on any atom is -0.480 e. The van der Waals surface area contributed by atoms with E-state index in [0.717, 1.165) is 36.1 Å². The number of nitrogens with one attached hydrogen (secondary N) is 2. The lowest BCUT2D eigenvalue weighted by molar-refractivity contribution is -0.144. The van der Waals surface area contributed by atoms with Gasteiger partial charge in [-0.2, -0.15) is 0 Å². The lowest BCUT2D eigenvalue weighted by Crippen LogP contribution is -2.55. The van der Waals surface area contributed by atoms with Crippen LogP contribution in [-0.4, -0.2) is 22.6 Å². The molecule has 0 bridgehead atoms. The number of aryl methyl sites for hydroxylation is 2. The van der Waals surface area contributed by atoms with E-state index >= 15 is 0 Å². The fourth-order valence-electron chi connectivity index (χ4n) is 2.57. The van der Waals surface area contributed by atoms with Crippen LogP contribution in [0, 0.1) is 12.8 Å². The molecule has 21 heavy (non-hydrogen) atoms. The van der Waals surface area contributed by atoms with Crippen molar-refractivity contribution in [1.29, 1.82) is 0 Å². The molecule has 1 aromatic rings. The van der Waals surface area contributed by atoms with Gasteiger partial charge in [0.2, 0.25) is 0 Å². The van der Waals surface area contributed by atoms with E-state index in [0.29, 0.717) is 0 Å². The minimum absolute atomic E-state index is 0.0169. The van der Waals surface area contributed by atoms with Crippen LogP contribution in [0.25, 0.3) is 0 Å². The second kappa shape index (κ2) is 5.76. The van der Waals surface area contributed by atoms with Crippen molar-refractivity contribution in [2.45, 2.75) is 45.6 Å². The molecule has 1 atom stereocenters. The van der Waals surface area contributed by atoms with Crippen LogP contribution < -0.4 is 10.6 Å². The molecule has 2 rings (SSSR count). The molecule has 0 spiro atoms. The number of carboxylic acid groups (broad SMARTS) is 1. The van der Waals surface area contributed by atoms with Crippen LogP contribution in [0.4, 0.5) is 10.5 Å². The van der Waals surface area contributed by atoms with Crippen molar-refractivity contribution in [3.8, 4) is 0 Å². The molecule has 0 heterocycles. The number of carboxylic acids is 1. The summed E-state index contributed by atoms with van der Waals surface area (Å²) in [5.74, 6) is -0.969. The van der Waals surface area contributed by atoms with Crippen LogP contribution in [0.3, 0.4) is 0 Å². The van der Waals surface area contributed by atoms with Gasteiger partial charge < -0.3 is 15.7 Å². The highest BCUT2D eigenvalue weighted by Gasteiger charge is 2.48. The molecule has 0 aromatic heterocycles. The van der Waals surface area contributed by atoms with Crippen LogP contribution in [0.5, 0.6) is 0 Å². The van der Waals surface area contributed by atoms with Crippen LogP contribution >= 0.6 is 0 Å². The van der Waals surface area contributed by atoms with Crippen molar-refractivity contribution in [3.05, 3.63) is 29.3 Å². The first-order valence-electron chi connectivity index (χ1n) is 7.29. The molecule has 0 aliphatic heterocycles. The van der Waals surface area contributed by atoms with E-state index < -0.39 is 17.5 Å². The number of urea groups is 1. The smallest absolute Gasteiger partial charge is 0.329 e. The minimum atomic E-state index is -1.20. The molecule has 5 nitrogen and oxygen atoms in total. The molecule has 114 valence electrons. The van der Waals surface area contributed by atoms with Crippen molar-refractivity contribution in [2.75, 3.05) is 5.32 Å². The van der Waals surface area contributed by atoms with E-state index in [1.165, 1.54) is 0 Å². The topological polar surface area (TPSA) is 78.4 Å². The van der Waals surface area contributed by atoms with Gasteiger partial charge in [0.15, 0.2) is 0 Å². The lowest BCUT2D eigenvalue weighted by atomic mass is 9.96. The van der Waals surface area contributed by atoms with E-state index in [4.69, 9.17) is 0 Å². The Morgan fingerprint density at radius 2 is 2.05 bits per heavy atom. The summed E-state index contributed by atoms with van der Waals surface area (Å²) in [6.07, 6.45) is 2.48. The number of aliphatic carboxylic acids is 1. The van der Waals surface area contributed by atoms with Gasteiger partial charge in [0.25, 0.3) is 0 Å². The van der Waals surface area contributed by atoms with Gasteiger partial charge >= 0.3 is 12.0 Å². The van der Waals surface area contributed by atoms with Gasteiger partial charge in [-0.05, 0) is 50.2 Å². The molecule has 1 aromatic carbocycles. The van der Waals surface area contributed by atoms with Crippen LogP contribution in [0.1, 0.15) is 37.8 Å².